The van der Waals surface area contributed by atoms with E-state index in [1.54, 1.807) is 6.07 Å². The van der Waals surface area contributed by atoms with Crippen LogP contribution in [0.15, 0.2) is 53.3 Å². The second kappa shape index (κ2) is 6.29. The summed E-state index contributed by atoms with van der Waals surface area (Å²) in [7, 11) is 0. The largest absolute Gasteiger partial charge is 0.322 e. The lowest BCUT2D eigenvalue weighted by Gasteiger charge is -2.16. The lowest BCUT2D eigenvalue weighted by atomic mass is 9.98. The van der Waals surface area contributed by atoms with Gasteiger partial charge in [-0.2, -0.15) is 12.6 Å². The highest BCUT2D eigenvalue weighted by Crippen LogP contribution is 2.34. The number of aryl methyl sites for hydroxylation is 3. The number of thiol groups is 1. The minimum atomic E-state index is -0.274. The number of hydrogen-bond donors (Lipinski definition) is 2. The summed E-state index contributed by atoms with van der Waals surface area (Å²) in [6.45, 7) is 6.16. The number of hydrogen-bond acceptors (Lipinski definition) is 3. The highest BCUT2D eigenvalue weighted by Gasteiger charge is 2.17. The number of benzene rings is 2. The van der Waals surface area contributed by atoms with Crippen LogP contribution >= 0.6 is 12.6 Å². The molecule has 1 unspecified atom stereocenters. The number of aromatic nitrogens is 2. The van der Waals surface area contributed by atoms with Crippen molar-refractivity contribution < 1.29 is 0 Å². The average molecular weight is 360 g/mol. The summed E-state index contributed by atoms with van der Waals surface area (Å²) in [6, 6.07) is 16.0. The Labute approximate surface area is 157 Å². The number of H-pyrrole nitrogens is 1. The van der Waals surface area contributed by atoms with Gasteiger partial charge < -0.3 is 4.98 Å². The number of rotatable bonds is 2. The summed E-state index contributed by atoms with van der Waals surface area (Å²) >= 11 is 4.86. The zero-order valence-electron chi connectivity index (χ0n) is 15.0. The molecule has 130 valence electrons. The SMILES string of the molecule is Cc1cc(C)c2[nH]c(=O)cc(C(S)c3cc(C)c4ccccc4n3)c2c1. The summed E-state index contributed by atoms with van der Waals surface area (Å²) in [5.41, 5.74) is 6.82. The Morgan fingerprint density at radius 3 is 2.54 bits per heavy atom. The first-order valence-corrected chi connectivity index (χ1v) is 9.14. The Morgan fingerprint density at radius 1 is 0.962 bits per heavy atom. The Kier molecular flexibility index (Phi) is 4.08. The minimum absolute atomic E-state index is 0.115. The molecule has 0 saturated carbocycles. The Balaban J connectivity index is 1.97. The van der Waals surface area contributed by atoms with E-state index in [1.807, 2.05) is 25.1 Å². The molecule has 0 radical (unpaired) electrons. The first kappa shape index (κ1) is 16.9. The van der Waals surface area contributed by atoms with Gasteiger partial charge in [0.15, 0.2) is 0 Å². The summed E-state index contributed by atoms with van der Waals surface area (Å²) in [5.74, 6) is 0. The molecule has 0 spiro atoms. The quantitative estimate of drug-likeness (QED) is 0.493. The van der Waals surface area contributed by atoms with E-state index in [0.29, 0.717) is 0 Å². The van der Waals surface area contributed by atoms with Gasteiger partial charge >= 0.3 is 0 Å². The second-order valence-corrected chi connectivity index (χ2v) is 7.39. The van der Waals surface area contributed by atoms with Gasteiger partial charge in [0.25, 0.3) is 0 Å². The molecule has 0 aliphatic carbocycles. The van der Waals surface area contributed by atoms with Crippen LogP contribution in [0.5, 0.6) is 0 Å². The second-order valence-electron chi connectivity index (χ2n) is 6.88. The van der Waals surface area contributed by atoms with Crippen LogP contribution < -0.4 is 5.56 Å². The van der Waals surface area contributed by atoms with Crippen molar-refractivity contribution >= 4 is 34.4 Å². The van der Waals surface area contributed by atoms with Crippen molar-refractivity contribution in [1.82, 2.24) is 9.97 Å². The monoisotopic (exact) mass is 360 g/mol. The third-order valence-corrected chi connectivity index (χ3v) is 5.39. The van der Waals surface area contributed by atoms with Gasteiger partial charge in [0.05, 0.1) is 22.0 Å². The first-order valence-electron chi connectivity index (χ1n) is 8.62. The van der Waals surface area contributed by atoms with Crippen molar-refractivity contribution in [1.29, 1.82) is 0 Å². The molecule has 2 aromatic carbocycles. The van der Waals surface area contributed by atoms with Crippen molar-refractivity contribution in [3.05, 3.63) is 86.8 Å². The third kappa shape index (κ3) is 2.80. The van der Waals surface area contributed by atoms with Gasteiger partial charge in [0.2, 0.25) is 5.56 Å². The fourth-order valence-electron chi connectivity index (χ4n) is 3.64. The van der Waals surface area contributed by atoms with E-state index in [0.717, 1.165) is 49.8 Å². The summed E-state index contributed by atoms with van der Waals surface area (Å²) in [6.07, 6.45) is 0. The van der Waals surface area contributed by atoms with Gasteiger partial charge in [0.1, 0.15) is 0 Å². The van der Waals surface area contributed by atoms with E-state index in [2.05, 4.69) is 43.1 Å². The van der Waals surface area contributed by atoms with E-state index in [9.17, 15) is 4.79 Å². The maximum atomic E-state index is 12.2. The molecule has 2 heterocycles. The molecule has 0 saturated heterocycles. The number of para-hydroxylation sites is 1. The normalized spacial score (nSPS) is 12.6. The fraction of sp³-hybridized carbons (Fsp3) is 0.182. The molecule has 4 aromatic rings. The molecule has 4 heteroatoms. The van der Waals surface area contributed by atoms with E-state index in [4.69, 9.17) is 17.6 Å². The number of pyridine rings is 2. The Morgan fingerprint density at radius 2 is 1.73 bits per heavy atom. The predicted octanol–water partition coefficient (Wildman–Crippen LogP) is 5.02. The standard InChI is InChI=1S/C22H20N2OS/c1-12-8-14(3)21-16(9-12)17(11-20(25)24-21)22(26)19-10-13(2)15-6-4-5-7-18(15)23-19/h4-11,22,26H,1-3H3,(H,24,25). The van der Waals surface area contributed by atoms with Gasteiger partial charge in [-0.25, -0.2) is 0 Å². The van der Waals surface area contributed by atoms with Gasteiger partial charge in [-0.1, -0.05) is 29.8 Å². The van der Waals surface area contributed by atoms with E-state index in [-0.39, 0.29) is 10.8 Å². The zero-order chi connectivity index (χ0) is 18.4. The lowest BCUT2D eigenvalue weighted by Crippen LogP contribution is -2.10. The van der Waals surface area contributed by atoms with Gasteiger partial charge in [-0.15, -0.1) is 0 Å². The molecule has 1 atom stereocenters. The number of aromatic amines is 1. The van der Waals surface area contributed by atoms with Gasteiger partial charge in [0, 0.05) is 16.8 Å². The Hall–Kier alpha value is -2.59. The molecule has 0 aliphatic rings. The van der Waals surface area contributed by atoms with Crippen LogP contribution in [0, 0.1) is 20.8 Å². The fourth-order valence-corrected chi connectivity index (χ4v) is 3.99. The molecule has 3 nitrogen and oxygen atoms in total. The summed E-state index contributed by atoms with van der Waals surface area (Å²) in [5, 5.41) is 1.89. The van der Waals surface area contributed by atoms with Crippen LogP contribution in [0.2, 0.25) is 0 Å². The molecule has 1 N–H and O–H groups in total. The van der Waals surface area contributed by atoms with E-state index < -0.39 is 0 Å². The van der Waals surface area contributed by atoms with Crippen LogP contribution in [0.1, 0.15) is 33.2 Å². The predicted molar refractivity (Wildman–Crippen MR) is 111 cm³/mol. The molecule has 0 fully saturated rings. The van der Waals surface area contributed by atoms with Crippen LogP contribution in [0.25, 0.3) is 21.8 Å². The smallest absolute Gasteiger partial charge is 0.248 e. The number of fused-ring (bicyclic) bond motifs is 2. The van der Waals surface area contributed by atoms with Crippen molar-refractivity contribution in [2.45, 2.75) is 26.0 Å². The molecular weight excluding hydrogens is 340 g/mol. The van der Waals surface area contributed by atoms with Gasteiger partial charge in [-0.3, -0.25) is 9.78 Å². The highest BCUT2D eigenvalue weighted by molar-refractivity contribution is 7.80. The summed E-state index contributed by atoms with van der Waals surface area (Å²) in [4.78, 5) is 20.0. The molecule has 2 aromatic heterocycles. The van der Waals surface area contributed by atoms with E-state index >= 15 is 0 Å². The van der Waals surface area contributed by atoms with Gasteiger partial charge in [-0.05, 0) is 55.7 Å². The zero-order valence-corrected chi connectivity index (χ0v) is 15.9. The average Bonchev–Trinajstić information content (AvgIpc) is 2.61. The summed E-state index contributed by atoms with van der Waals surface area (Å²) < 4.78 is 0. The molecular formula is C22H20N2OS. The molecule has 0 aliphatic heterocycles. The van der Waals surface area contributed by atoms with Crippen LogP contribution in [0.3, 0.4) is 0 Å². The van der Waals surface area contributed by atoms with Crippen LogP contribution in [-0.2, 0) is 0 Å². The van der Waals surface area contributed by atoms with Crippen LogP contribution in [0.4, 0.5) is 0 Å². The maximum Gasteiger partial charge on any atom is 0.248 e. The van der Waals surface area contributed by atoms with Crippen molar-refractivity contribution in [3.8, 4) is 0 Å². The van der Waals surface area contributed by atoms with Crippen molar-refractivity contribution in [2.75, 3.05) is 0 Å². The number of nitrogens with zero attached hydrogens (tertiary/aromatic N) is 1. The Bertz CT molecular complexity index is 1210. The van der Waals surface area contributed by atoms with Crippen molar-refractivity contribution in [2.24, 2.45) is 0 Å². The number of nitrogens with one attached hydrogen (secondary N) is 1. The molecule has 26 heavy (non-hydrogen) atoms. The topological polar surface area (TPSA) is 45.8 Å². The maximum absolute atomic E-state index is 12.2. The molecule has 0 bridgehead atoms. The van der Waals surface area contributed by atoms with E-state index in [1.165, 1.54) is 0 Å². The first-order chi connectivity index (χ1) is 12.4. The van der Waals surface area contributed by atoms with Crippen molar-refractivity contribution in [3.63, 3.8) is 0 Å². The minimum Gasteiger partial charge on any atom is -0.322 e. The third-order valence-electron chi connectivity index (χ3n) is 4.84. The lowest BCUT2D eigenvalue weighted by molar-refractivity contribution is 1.07. The highest BCUT2D eigenvalue weighted by atomic mass is 32.1. The van der Waals surface area contributed by atoms with Crippen LogP contribution in [-0.4, -0.2) is 9.97 Å². The molecule has 4 rings (SSSR count). The molecule has 0 amide bonds.